The highest BCUT2D eigenvalue weighted by Gasteiger charge is 2.24. The zero-order valence-electron chi connectivity index (χ0n) is 10.8. The molecule has 5 nitrogen and oxygen atoms in total. The van der Waals surface area contributed by atoms with Crippen LogP contribution in [0.1, 0.15) is 31.6 Å². The molecule has 0 amide bonds. The van der Waals surface area contributed by atoms with E-state index in [1.165, 1.54) is 12.3 Å². The molecular formula is C13H16FN5. The summed E-state index contributed by atoms with van der Waals surface area (Å²) < 4.78 is 15.0. The Labute approximate surface area is 110 Å². The van der Waals surface area contributed by atoms with Crippen LogP contribution in [-0.2, 0) is 6.54 Å². The summed E-state index contributed by atoms with van der Waals surface area (Å²) in [5.74, 6) is 1.33. The van der Waals surface area contributed by atoms with Crippen LogP contribution in [-0.4, -0.2) is 26.3 Å². The smallest absolute Gasteiger partial charge is 0.182 e. The quantitative estimate of drug-likeness (QED) is 0.917. The van der Waals surface area contributed by atoms with Gasteiger partial charge in [0.25, 0.3) is 0 Å². The molecule has 100 valence electrons. The standard InChI is InChI=1S/C13H16FN5/c1-2-3-10-12-17-18-13(19(12)7-6-15-10)11-5-4-9(14)8-16-11/h4-5,8,10,15H,2-3,6-7H2,1H3. The lowest BCUT2D eigenvalue weighted by Gasteiger charge is -2.24. The molecule has 1 unspecified atom stereocenters. The fourth-order valence-electron chi connectivity index (χ4n) is 2.45. The molecule has 19 heavy (non-hydrogen) atoms. The predicted octanol–water partition coefficient (Wildman–Crippen LogP) is 1.92. The molecule has 2 aromatic rings. The van der Waals surface area contributed by atoms with E-state index in [0.29, 0.717) is 5.69 Å². The van der Waals surface area contributed by atoms with Crippen molar-refractivity contribution < 1.29 is 4.39 Å². The second-order valence-electron chi connectivity index (χ2n) is 4.69. The SMILES string of the molecule is CCCC1NCCn2c(-c3ccc(F)cn3)nnc21. The summed E-state index contributed by atoms with van der Waals surface area (Å²) >= 11 is 0. The molecule has 0 spiro atoms. The lowest BCUT2D eigenvalue weighted by atomic mass is 10.1. The van der Waals surface area contributed by atoms with Gasteiger partial charge in [-0.25, -0.2) is 9.37 Å². The van der Waals surface area contributed by atoms with E-state index in [0.717, 1.165) is 37.6 Å². The van der Waals surface area contributed by atoms with Crippen LogP contribution in [0.15, 0.2) is 18.3 Å². The molecule has 3 rings (SSSR count). The van der Waals surface area contributed by atoms with Gasteiger partial charge in [0.2, 0.25) is 0 Å². The minimum Gasteiger partial charge on any atom is -0.307 e. The van der Waals surface area contributed by atoms with Crippen LogP contribution in [0.5, 0.6) is 0 Å². The lowest BCUT2D eigenvalue weighted by molar-refractivity contribution is 0.394. The van der Waals surface area contributed by atoms with Gasteiger partial charge in [0.15, 0.2) is 11.6 Å². The normalized spacial score (nSPS) is 18.3. The summed E-state index contributed by atoms with van der Waals surface area (Å²) in [6.07, 6.45) is 3.34. The van der Waals surface area contributed by atoms with Crippen molar-refractivity contribution in [3.63, 3.8) is 0 Å². The van der Waals surface area contributed by atoms with Gasteiger partial charge in [-0.15, -0.1) is 10.2 Å². The molecular weight excluding hydrogens is 245 g/mol. The third kappa shape index (κ3) is 2.23. The maximum atomic E-state index is 12.9. The molecule has 3 heterocycles. The molecule has 0 radical (unpaired) electrons. The summed E-state index contributed by atoms with van der Waals surface area (Å²) in [6.45, 7) is 3.86. The lowest BCUT2D eigenvalue weighted by Crippen LogP contribution is -2.33. The Bertz CT molecular complexity index is 563. The fourth-order valence-corrected chi connectivity index (χ4v) is 2.45. The summed E-state index contributed by atoms with van der Waals surface area (Å²) in [5, 5.41) is 11.9. The number of aromatic nitrogens is 4. The van der Waals surface area contributed by atoms with E-state index in [-0.39, 0.29) is 11.9 Å². The minimum absolute atomic E-state index is 0.250. The Balaban J connectivity index is 1.98. The van der Waals surface area contributed by atoms with E-state index in [9.17, 15) is 4.39 Å². The Kier molecular flexibility index (Phi) is 3.25. The molecule has 0 bridgehead atoms. The van der Waals surface area contributed by atoms with Crippen LogP contribution >= 0.6 is 0 Å². The van der Waals surface area contributed by atoms with Crippen LogP contribution in [0.3, 0.4) is 0 Å². The average molecular weight is 261 g/mol. The number of nitrogens with one attached hydrogen (secondary N) is 1. The zero-order chi connectivity index (χ0) is 13.2. The number of hydrogen-bond donors (Lipinski definition) is 1. The van der Waals surface area contributed by atoms with Crippen LogP contribution in [0.2, 0.25) is 0 Å². The Morgan fingerprint density at radius 3 is 3.05 bits per heavy atom. The summed E-state index contributed by atoms with van der Waals surface area (Å²) in [6, 6.07) is 3.29. The van der Waals surface area contributed by atoms with Gasteiger partial charge >= 0.3 is 0 Å². The second-order valence-corrected chi connectivity index (χ2v) is 4.69. The van der Waals surface area contributed by atoms with Crippen molar-refractivity contribution in [2.75, 3.05) is 6.54 Å². The van der Waals surface area contributed by atoms with Crippen molar-refractivity contribution in [1.29, 1.82) is 0 Å². The molecule has 1 N–H and O–H groups in total. The molecule has 0 aliphatic carbocycles. The Morgan fingerprint density at radius 1 is 1.42 bits per heavy atom. The van der Waals surface area contributed by atoms with E-state index in [2.05, 4.69) is 32.0 Å². The van der Waals surface area contributed by atoms with E-state index in [4.69, 9.17) is 0 Å². The first-order valence-corrected chi connectivity index (χ1v) is 6.58. The largest absolute Gasteiger partial charge is 0.307 e. The Hall–Kier alpha value is -1.82. The molecule has 1 aliphatic rings. The fraction of sp³-hybridized carbons (Fsp3) is 0.462. The van der Waals surface area contributed by atoms with Crippen LogP contribution in [0.4, 0.5) is 4.39 Å². The maximum Gasteiger partial charge on any atom is 0.182 e. The van der Waals surface area contributed by atoms with Gasteiger partial charge in [-0.1, -0.05) is 13.3 Å². The second kappa shape index (κ2) is 5.05. The molecule has 0 saturated carbocycles. The molecule has 0 fully saturated rings. The number of fused-ring (bicyclic) bond motifs is 1. The van der Waals surface area contributed by atoms with Crippen LogP contribution < -0.4 is 5.32 Å². The first-order chi connectivity index (χ1) is 9.29. The topological polar surface area (TPSA) is 55.6 Å². The van der Waals surface area contributed by atoms with Gasteiger partial charge in [0.1, 0.15) is 11.5 Å². The molecule has 0 saturated heterocycles. The van der Waals surface area contributed by atoms with Crippen molar-refractivity contribution in [1.82, 2.24) is 25.1 Å². The zero-order valence-corrected chi connectivity index (χ0v) is 10.8. The van der Waals surface area contributed by atoms with Crippen LogP contribution in [0.25, 0.3) is 11.5 Å². The van der Waals surface area contributed by atoms with E-state index in [1.807, 2.05) is 0 Å². The van der Waals surface area contributed by atoms with Gasteiger partial charge in [-0.2, -0.15) is 0 Å². The van der Waals surface area contributed by atoms with Crippen molar-refractivity contribution in [3.05, 3.63) is 30.0 Å². The van der Waals surface area contributed by atoms with Crippen molar-refractivity contribution >= 4 is 0 Å². The molecule has 2 aromatic heterocycles. The number of nitrogens with zero attached hydrogens (tertiary/aromatic N) is 4. The molecule has 6 heteroatoms. The highest BCUT2D eigenvalue weighted by molar-refractivity contribution is 5.49. The van der Waals surface area contributed by atoms with Crippen molar-refractivity contribution in [2.45, 2.75) is 32.4 Å². The van der Waals surface area contributed by atoms with Gasteiger partial charge in [-0.3, -0.25) is 0 Å². The van der Waals surface area contributed by atoms with E-state index < -0.39 is 0 Å². The maximum absolute atomic E-state index is 12.9. The number of rotatable bonds is 3. The minimum atomic E-state index is -0.340. The van der Waals surface area contributed by atoms with Gasteiger partial charge < -0.3 is 9.88 Å². The summed E-state index contributed by atoms with van der Waals surface area (Å²) in [7, 11) is 0. The Morgan fingerprint density at radius 2 is 2.32 bits per heavy atom. The average Bonchev–Trinajstić information content (AvgIpc) is 2.85. The van der Waals surface area contributed by atoms with Gasteiger partial charge in [0, 0.05) is 13.1 Å². The van der Waals surface area contributed by atoms with Crippen LogP contribution in [0, 0.1) is 5.82 Å². The number of halogens is 1. The predicted molar refractivity (Wildman–Crippen MR) is 68.9 cm³/mol. The third-order valence-corrected chi connectivity index (χ3v) is 3.35. The molecule has 1 atom stereocenters. The number of hydrogen-bond acceptors (Lipinski definition) is 4. The summed E-state index contributed by atoms with van der Waals surface area (Å²) in [4.78, 5) is 4.08. The summed E-state index contributed by atoms with van der Waals surface area (Å²) in [5.41, 5.74) is 0.664. The molecule has 0 aromatic carbocycles. The van der Waals surface area contributed by atoms with E-state index in [1.54, 1.807) is 6.07 Å². The van der Waals surface area contributed by atoms with Gasteiger partial charge in [0.05, 0.1) is 12.2 Å². The van der Waals surface area contributed by atoms with Crippen molar-refractivity contribution in [3.8, 4) is 11.5 Å². The first-order valence-electron chi connectivity index (χ1n) is 6.58. The highest BCUT2D eigenvalue weighted by atomic mass is 19.1. The van der Waals surface area contributed by atoms with E-state index >= 15 is 0 Å². The third-order valence-electron chi connectivity index (χ3n) is 3.35. The first kappa shape index (κ1) is 12.2. The van der Waals surface area contributed by atoms with Crippen molar-refractivity contribution in [2.24, 2.45) is 0 Å². The molecule has 1 aliphatic heterocycles. The highest BCUT2D eigenvalue weighted by Crippen LogP contribution is 2.24. The number of pyridine rings is 1. The monoisotopic (exact) mass is 261 g/mol. The van der Waals surface area contributed by atoms with Gasteiger partial charge in [-0.05, 0) is 18.6 Å².